The van der Waals surface area contributed by atoms with E-state index in [-0.39, 0.29) is 4.84 Å². The van der Waals surface area contributed by atoms with Crippen LogP contribution in [0.15, 0.2) is 0 Å². The second-order valence-electron chi connectivity index (χ2n) is 2.94. The summed E-state index contributed by atoms with van der Waals surface area (Å²) in [7, 11) is 0.724. The molecule has 0 saturated carbocycles. The van der Waals surface area contributed by atoms with Crippen LogP contribution < -0.4 is 0 Å². The zero-order valence-electron chi connectivity index (χ0n) is 6.20. The van der Waals surface area contributed by atoms with Gasteiger partial charge < -0.3 is 0 Å². The molecule has 0 aliphatic carbocycles. The Balaban J connectivity index is 3.38. The van der Waals surface area contributed by atoms with E-state index in [1.165, 1.54) is 6.04 Å². The largest absolute Gasteiger partial charge is 0.107 e. The molecule has 0 aromatic heterocycles. The van der Waals surface area contributed by atoms with E-state index in [2.05, 4.69) is 13.1 Å². The third kappa shape index (κ3) is 5.46. The standard InChI is InChI=1S/C5H14Cl2Si2/c1-9(2)3-4(8)5(6)7/h4-5,9H,3H2,1-2,8H3. The molecule has 0 aliphatic heterocycles. The Labute approximate surface area is 72.0 Å². The summed E-state index contributed by atoms with van der Waals surface area (Å²) in [4.78, 5) is -0.105. The summed E-state index contributed by atoms with van der Waals surface area (Å²) in [6.07, 6.45) is 0. The normalized spacial score (nSPS) is 15.3. The van der Waals surface area contributed by atoms with Crippen LogP contribution in [-0.4, -0.2) is 23.9 Å². The number of halogens is 2. The lowest BCUT2D eigenvalue weighted by atomic mass is 10.5. The van der Waals surface area contributed by atoms with Crippen LogP contribution in [0.2, 0.25) is 24.7 Å². The van der Waals surface area contributed by atoms with Crippen molar-refractivity contribution in [3.05, 3.63) is 0 Å². The van der Waals surface area contributed by atoms with E-state index in [0.717, 1.165) is 10.2 Å². The first-order valence-electron chi connectivity index (χ1n) is 3.32. The highest BCUT2D eigenvalue weighted by Gasteiger charge is 2.12. The van der Waals surface area contributed by atoms with E-state index in [1.807, 2.05) is 0 Å². The Morgan fingerprint density at radius 2 is 1.89 bits per heavy atom. The molecule has 0 saturated heterocycles. The maximum Gasteiger partial charge on any atom is 0.107 e. The Morgan fingerprint density at radius 1 is 1.44 bits per heavy atom. The van der Waals surface area contributed by atoms with Gasteiger partial charge in [0.05, 0.1) is 0 Å². The van der Waals surface area contributed by atoms with E-state index in [0.29, 0.717) is 5.54 Å². The predicted molar refractivity (Wildman–Crippen MR) is 52.9 cm³/mol. The quantitative estimate of drug-likeness (QED) is 0.478. The summed E-state index contributed by atoms with van der Waals surface area (Å²) >= 11 is 11.4. The van der Waals surface area contributed by atoms with Crippen LogP contribution in [0.4, 0.5) is 0 Å². The van der Waals surface area contributed by atoms with Crippen LogP contribution >= 0.6 is 23.2 Å². The van der Waals surface area contributed by atoms with Crippen LogP contribution in [0.3, 0.4) is 0 Å². The Bertz CT molecular complexity index is 75.4. The minimum Gasteiger partial charge on any atom is -0.105 e. The van der Waals surface area contributed by atoms with Crippen molar-refractivity contribution in [1.29, 1.82) is 0 Å². The summed E-state index contributed by atoms with van der Waals surface area (Å²) in [5, 5.41) is 0. The van der Waals surface area contributed by atoms with Gasteiger partial charge in [-0.05, 0) is 5.54 Å². The molecule has 1 atom stereocenters. The fraction of sp³-hybridized carbons (Fsp3) is 1.00. The Kier molecular flexibility index (Phi) is 5.31. The van der Waals surface area contributed by atoms with E-state index in [1.54, 1.807) is 0 Å². The number of hydrogen-bond acceptors (Lipinski definition) is 0. The lowest BCUT2D eigenvalue weighted by Crippen LogP contribution is -2.10. The third-order valence-electron chi connectivity index (χ3n) is 1.27. The number of hydrogen-bond donors (Lipinski definition) is 0. The molecule has 9 heavy (non-hydrogen) atoms. The van der Waals surface area contributed by atoms with Crippen LogP contribution in [-0.2, 0) is 0 Å². The smallest absolute Gasteiger partial charge is 0.105 e. The molecule has 0 radical (unpaired) electrons. The van der Waals surface area contributed by atoms with Crippen molar-refractivity contribution in [1.82, 2.24) is 0 Å². The fourth-order valence-corrected chi connectivity index (χ4v) is 5.98. The van der Waals surface area contributed by atoms with Gasteiger partial charge in [0, 0.05) is 19.0 Å². The SMILES string of the molecule is C[SiH](C)CC([SiH3])C(Cl)Cl. The highest BCUT2D eigenvalue weighted by molar-refractivity contribution is 6.58. The molecule has 0 aliphatic rings. The molecular weight excluding hydrogens is 187 g/mol. The molecule has 0 rings (SSSR count). The van der Waals surface area contributed by atoms with Crippen molar-refractivity contribution < 1.29 is 0 Å². The van der Waals surface area contributed by atoms with Crippen molar-refractivity contribution in [2.45, 2.75) is 29.5 Å². The second-order valence-corrected chi connectivity index (χ2v) is 8.85. The second kappa shape index (κ2) is 4.77. The van der Waals surface area contributed by atoms with E-state index in [9.17, 15) is 0 Å². The van der Waals surface area contributed by atoms with Gasteiger partial charge in [0.2, 0.25) is 0 Å². The van der Waals surface area contributed by atoms with Gasteiger partial charge >= 0.3 is 0 Å². The lowest BCUT2D eigenvalue weighted by molar-refractivity contribution is 1.01. The van der Waals surface area contributed by atoms with E-state index >= 15 is 0 Å². The van der Waals surface area contributed by atoms with Crippen molar-refractivity contribution in [2.75, 3.05) is 0 Å². The maximum atomic E-state index is 5.69. The highest BCUT2D eigenvalue weighted by Crippen LogP contribution is 2.22. The van der Waals surface area contributed by atoms with Gasteiger partial charge in [0.25, 0.3) is 0 Å². The number of alkyl halides is 2. The molecule has 0 heterocycles. The summed E-state index contributed by atoms with van der Waals surface area (Å²) in [6, 6.07) is 1.31. The molecule has 0 fully saturated rings. The first-order chi connectivity index (χ1) is 4.04. The summed E-state index contributed by atoms with van der Waals surface area (Å²) in [5.74, 6) is 0. The van der Waals surface area contributed by atoms with Gasteiger partial charge in [-0.2, -0.15) is 0 Å². The molecule has 0 aromatic rings. The van der Waals surface area contributed by atoms with Gasteiger partial charge in [0.15, 0.2) is 0 Å². The van der Waals surface area contributed by atoms with Crippen molar-refractivity contribution in [2.24, 2.45) is 0 Å². The van der Waals surface area contributed by atoms with Crippen molar-refractivity contribution >= 4 is 42.2 Å². The summed E-state index contributed by atoms with van der Waals surface area (Å²) in [5.41, 5.74) is 0.625. The molecule has 0 N–H and O–H groups in total. The van der Waals surface area contributed by atoms with Crippen LogP contribution in [0.5, 0.6) is 0 Å². The van der Waals surface area contributed by atoms with Crippen LogP contribution in [0.1, 0.15) is 0 Å². The molecule has 0 amide bonds. The molecule has 1 unspecified atom stereocenters. The molecule has 56 valence electrons. The summed E-state index contributed by atoms with van der Waals surface area (Å²) in [6.45, 7) is 4.67. The molecule has 0 nitrogen and oxygen atoms in total. The number of rotatable bonds is 3. The molecular formula is C5H14Cl2Si2. The first kappa shape index (κ1) is 10.0. The fourth-order valence-electron chi connectivity index (χ4n) is 0.846. The van der Waals surface area contributed by atoms with Gasteiger partial charge in [-0.25, -0.2) is 0 Å². The van der Waals surface area contributed by atoms with Gasteiger partial charge in [0.1, 0.15) is 4.84 Å². The van der Waals surface area contributed by atoms with Gasteiger partial charge in [-0.15, -0.1) is 23.2 Å². The van der Waals surface area contributed by atoms with Crippen LogP contribution in [0.25, 0.3) is 0 Å². The topological polar surface area (TPSA) is 0 Å². The van der Waals surface area contributed by atoms with Gasteiger partial charge in [-0.3, -0.25) is 0 Å². The molecule has 0 bridgehead atoms. The van der Waals surface area contributed by atoms with Gasteiger partial charge in [-0.1, -0.05) is 19.1 Å². The average Bonchev–Trinajstić information content (AvgIpc) is 1.63. The third-order valence-corrected chi connectivity index (χ3v) is 6.75. The van der Waals surface area contributed by atoms with Crippen molar-refractivity contribution in [3.8, 4) is 0 Å². The van der Waals surface area contributed by atoms with E-state index in [4.69, 9.17) is 23.2 Å². The molecule has 0 spiro atoms. The zero-order valence-corrected chi connectivity index (χ0v) is 10.9. The monoisotopic (exact) mass is 200 g/mol. The van der Waals surface area contributed by atoms with Crippen LogP contribution in [0, 0.1) is 0 Å². The predicted octanol–water partition coefficient (Wildman–Crippen LogP) is 1.43. The van der Waals surface area contributed by atoms with E-state index < -0.39 is 8.80 Å². The van der Waals surface area contributed by atoms with Crippen molar-refractivity contribution in [3.63, 3.8) is 0 Å². The minimum absolute atomic E-state index is 0.105. The Morgan fingerprint density at radius 3 is 2.00 bits per heavy atom. The average molecular weight is 201 g/mol. The Hall–Kier alpha value is 1.01. The summed E-state index contributed by atoms with van der Waals surface area (Å²) < 4.78 is 0. The minimum atomic E-state index is -0.419. The maximum absolute atomic E-state index is 5.69. The molecule has 0 aromatic carbocycles. The first-order valence-corrected chi connectivity index (χ1v) is 8.47. The molecule has 4 heteroatoms. The zero-order chi connectivity index (χ0) is 7.44. The lowest BCUT2D eigenvalue weighted by Gasteiger charge is -2.12. The highest BCUT2D eigenvalue weighted by atomic mass is 35.5.